The third-order valence-corrected chi connectivity index (χ3v) is 4.27. The molecule has 15 heavy (non-hydrogen) atoms. The molecule has 2 atom stereocenters. The van der Waals surface area contributed by atoms with Crippen LogP contribution in [0.3, 0.4) is 0 Å². The van der Waals surface area contributed by atoms with E-state index in [0.717, 1.165) is 5.92 Å². The molecule has 1 aromatic carbocycles. The van der Waals surface area contributed by atoms with Gasteiger partial charge in [0, 0.05) is 15.3 Å². The van der Waals surface area contributed by atoms with Crippen molar-refractivity contribution >= 4 is 28.3 Å². The van der Waals surface area contributed by atoms with Crippen molar-refractivity contribution < 1.29 is 0 Å². The number of hydrogen-bond donors (Lipinski definition) is 1. The lowest BCUT2D eigenvalue weighted by atomic mass is 9.86. The summed E-state index contributed by atoms with van der Waals surface area (Å²) >= 11 is 2.40. The van der Waals surface area contributed by atoms with Gasteiger partial charge in [-0.2, -0.15) is 0 Å². The molecule has 0 radical (unpaired) electrons. The second-order valence-electron chi connectivity index (χ2n) is 4.49. The molecule has 0 heterocycles. The number of anilines is 1. The average molecular weight is 315 g/mol. The first-order chi connectivity index (χ1) is 7.27. The molecule has 2 unspecified atom stereocenters. The summed E-state index contributed by atoms with van der Waals surface area (Å²) in [6.45, 7) is 2.37. The topological polar surface area (TPSA) is 12.0 Å². The number of benzene rings is 1. The van der Waals surface area contributed by atoms with Crippen molar-refractivity contribution in [3.63, 3.8) is 0 Å². The zero-order chi connectivity index (χ0) is 10.7. The summed E-state index contributed by atoms with van der Waals surface area (Å²) in [4.78, 5) is 0. The summed E-state index contributed by atoms with van der Waals surface area (Å²) < 4.78 is 1.33. The second kappa shape index (κ2) is 5.19. The van der Waals surface area contributed by atoms with E-state index in [2.05, 4.69) is 59.1 Å². The van der Waals surface area contributed by atoms with Crippen molar-refractivity contribution in [2.75, 3.05) is 5.32 Å². The Kier molecular flexibility index (Phi) is 3.89. The fraction of sp³-hybridized carbons (Fsp3) is 0.538. The van der Waals surface area contributed by atoms with Crippen LogP contribution in [0.4, 0.5) is 5.69 Å². The number of halogens is 1. The average Bonchev–Trinajstić information content (AvgIpc) is 2.24. The number of para-hydroxylation sites is 1. The maximum Gasteiger partial charge on any atom is 0.0478 e. The lowest BCUT2D eigenvalue weighted by Gasteiger charge is -2.30. The van der Waals surface area contributed by atoms with E-state index >= 15 is 0 Å². The smallest absolute Gasteiger partial charge is 0.0478 e. The SMILES string of the molecule is CC1CCCCC1Nc1ccccc1I. The molecule has 1 aliphatic rings. The van der Waals surface area contributed by atoms with Crippen molar-refractivity contribution in [3.8, 4) is 0 Å². The Morgan fingerprint density at radius 3 is 2.67 bits per heavy atom. The van der Waals surface area contributed by atoms with Gasteiger partial charge in [0.1, 0.15) is 0 Å². The van der Waals surface area contributed by atoms with Crippen LogP contribution < -0.4 is 5.32 Å². The van der Waals surface area contributed by atoms with Gasteiger partial charge in [-0.15, -0.1) is 0 Å². The third kappa shape index (κ3) is 2.86. The van der Waals surface area contributed by atoms with Crippen LogP contribution in [0.2, 0.25) is 0 Å². The molecule has 0 spiro atoms. The van der Waals surface area contributed by atoms with Gasteiger partial charge in [0.2, 0.25) is 0 Å². The molecule has 0 saturated heterocycles. The summed E-state index contributed by atoms with van der Waals surface area (Å²) in [5.74, 6) is 0.815. The zero-order valence-electron chi connectivity index (χ0n) is 9.17. The van der Waals surface area contributed by atoms with Crippen LogP contribution in [0.1, 0.15) is 32.6 Å². The molecule has 82 valence electrons. The molecule has 1 aliphatic carbocycles. The zero-order valence-corrected chi connectivity index (χ0v) is 11.3. The summed E-state index contributed by atoms with van der Waals surface area (Å²) in [5, 5.41) is 3.69. The minimum absolute atomic E-state index is 0.676. The first-order valence-corrected chi connectivity index (χ1v) is 6.86. The van der Waals surface area contributed by atoms with Crippen LogP contribution in [0.5, 0.6) is 0 Å². The summed E-state index contributed by atoms with van der Waals surface area (Å²) in [6.07, 6.45) is 5.49. The standard InChI is InChI=1S/C13H18IN/c1-10-6-2-4-8-12(10)15-13-9-5-3-7-11(13)14/h3,5,7,9-10,12,15H,2,4,6,8H2,1H3. The first kappa shape index (κ1) is 11.2. The number of nitrogens with one attached hydrogen (secondary N) is 1. The van der Waals surface area contributed by atoms with Crippen LogP contribution in [-0.4, -0.2) is 6.04 Å². The van der Waals surface area contributed by atoms with E-state index in [-0.39, 0.29) is 0 Å². The number of hydrogen-bond acceptors (Lipinski definition) is 1. The maximum absolute atomic E-state index is 3.69. The minimum atomic E-state index is 0.676. The Labute approximate surface area is 106 Å². The molecule has 0 aromatic heterocycles. The lowest BCUT2D eigenvalue weighted by Crippen LogP contribution is -2.30. The van der Waals surface area contributed by atoms with Crippen LogP contribution in [-0.2, 0) is 0 Å². The van der Waals surface area contributed by atoms with Crippen LogP contribution >= 0.6 is 22.6 Å². The van der Waals surface area contributed by atoms with Gasteiger partial charge in [-0.1, -0.05) is 31.9 Å². The fourth-order valence-electron chi connectivity index (χ4n) is 2.31. The van der Waals surface area contributed by atoms with Gasteiger partial charge >= 0.3 is 0 Å². The van der Waals surface area contributed by atoms with Gasteiger partial charge in [0.05, 0.1) is 0 Å². The summed E-state index contributed by atoms with van der Waals surface area (Å²) in [7, 11) is 0. The quantitative estimate of drug-likeness (QED) is 0.803. The first-order valence-electron chi connectivity index (χ1n) is 5.78. The highest BCUT2D eigenvalue weighted by Crippen LogP contribution is 2.28. The van der Waals surface area contributed by atoms with E-state index in [1.54, 1.807) is 0 Å². The normalized spacial score (nSPS) is 26.3. The van der Waals surface area contributed by atoms with Gasteiger partial charge in [-0.3, -0.25) is 0 Å². The molecule has 0 aliphatic heterocycles. The van der Waals surface area contributed by atoms with Gasteiger partial charge in [-0.05, 0) is 53.5 Å². The Hall–Kier alpha value is -0.250. The number of rotatable bonds is 2. The minimum Gasteiger partial charge on any atom is -0.381 e. The molecule has 2 rings (SSSR count). The Bertz CT molecular complexity index is 324. The van der Waals surface area contributed by atoms with Crippen molar-refractivity contribution in [3.05, 3.63) is 27.8 Å². The Morgan fingerprint density at radius 2 is 1.93 bits per heavy atom. The van der Waals surface area contributed by atoms with Gasteiger partial charge in [-0.25, -0.2) is 0 Å². The molecule has 1 aromatic rings. The summed E-state index contributed by atoms with van der Waals surface area (Å²) in [5.41, 5.74) is 1.30. The highest BCUT2D eigenvalue weighted by atomic mass is 127. The van der Waals surface area contributed by atoms with Crippen LogP contribution in [0.15, 0.2) is 24.3 Å². The molecule has 0 bridgehead atoms. The van der Waals surface area contributed by atoms with Gasteiger partial charge in [0.25, 0.3) is 0 Å². The molecule has 0 amide bonds. The molecule has 1 saturated carbocycles. The Morgan fingerprint density at radius 1 is 1.20 bits per heavy atom. The summed E-state index contributed by atoms with van der Waals surface area (Å²) in [6, 6.07) is 9.23. The largest absolute Gasteiger partial charge is 0.381 e. The molecule has 2 heteroatoms. The predicted octanol–water partition coefficient (Wildman–Crippen LogP) is 4.28. The van der Waals surface area contributed by atoms with E-state index in [9.17, 15) is 0 Å². The molecular formula is C13H18IN. The van der Waals surface area contributed by atoms with E-state index in [1.165, 1.54) is 34.9 Å². The Balaban J connectivity index is 2.04. The van der Waals surface area contributed by atoms with Crippen molar-refractivity contribution in [2.45, 2.75) is 38.6 Å². The third-order valence-electron chi connectivity index (χ3n) is 3.33. The maximum atomic E-state index is 3.69. The molecule has 1 nitrogen and oxygen atoms in total. The molecular weight excluding hydrogens is 297 g/mol. The van der Waals surface area contributed by atoms with Gasteiger partial charge in [0.15, 0.2) is 0 Å². The van der Waals surface area contributed by atoms with E-state index in [1.807, 2.05) is 0 Å². The predicted molar refractivity (Wildman–Crippen MR) is 74.2 cm³/mol. The van der Waals surface area contributed by atoms with Crippen LogP contribution in [0, 0.1) is 9.49 Å². The van der Waals surface area contributed by atoms with Crippen molar-refractivity contribution in [1.29, 1.82) is 0 Å². The fourth-order valence-corrected chi connectivity index (χ4v) is 2.85. The monoisotopic (exact) mass is 315 g/mol. The van der Waals surface area contributed by atoms with E-state index < -0.39 is 0 Å². The second-order valence-corrected chi connectivity index (χ2v) is 5.65. The highest BCUT2D eigenvalue weighted by Gasteiger charge is 2.21. The highest BCUT2D eigenvalue weighted by molar-refractivity contribution is 14.1. The molecule has 1 fully saturated rings. The van der Waals surface area contributed by atoms with E-state index in [4.69, 9.17) is 0 Å². The van der Waals surface area contributed by atoms with E-state index in [0.29, 0.717) is 6.04 Å². The van der Waals surface area contributed by atoms with Crippen LogP contribution in [0.25, 0.3) is 0 Å². The molecule has 1 N–H and O–H groups in total. The lowest BCUT2D eigenvalue weighted by molar-refractivity contribution is 0.349. The van der Waals surface area contributed by atoms with Crippen molar-refractivity contribution in [2.24, 2.45) is 5.92 Å². The van der Waals surface area contributed by atoms with Gasteiger partial charge < -0.3 is 5.32 Å². The van der Waals surface area contributed by atoms with Crippen molar-refractivity contribution in [1.82, 2.24) is 0 Å².